The SMILES string of the molecule is O=[N+]([O-])[N-]c1cccc(S(=O)(=O)[O-])c1.[Cs+].[Cs+]. The Hall–Kier alpha value is 2.43. The standard InChI is InChI=1S/C6H5N2O5S.2Cs/c9-8(10)7-5-2-1-3-6(4-5)14(11,12)13;;/h1-4H,(H,11,12,13);;/q-1;2*+1/p-1. The summed E-state index contributed by atoms with van der Waals surface area (Å²) in [6, 6.07) is 4.30. The number of hydrogen-bond donors (Lipinski definition) is 0. The maximum absolute atomic E-state index is 10.5. The van der Waals surface area contributed by atoms with Crippen LogP contribution in [0, 0.1) is 10.1 Å². The van der Waals surface area contributed by atoms with Gasteiger partial charge in [0, 0.05) is 0 Å². The van der Waals surface area contributed by atoms with E-state index in [1.807, 2.05) is 0 Å². The van der Waals surface area contributed by atoms with Crippen LogP contribution in [-0.2, 0) is 10.1 Å². The summed E-state index contributed by atoms with van der Waals surface area (Å²) < 4.78 is 31.5. The van der Waals surface area contributed by atoms with E-state index >= 15 is 0 Å². The fraction of sp³-hybridized carbons (Fsp3) is 0. The van der Waals surface area contributed by atoms with E-state index in [4.69, 9.17) is 0 Å². The van der Waals surface area contributed by atoms with E-state index in [1.165, 1.54) is 12.1 Å². The molecule has 1 aromatic carbocycles. The average molecular weight is 482 g/mol. The van der Waals surface area contributed by atoms with Crippen LogP contribution >= 0.6 is 0 Å². The number of nitro groups is 1. The van der Waals surface area contributed by atoms with E-state index in [1.54, 1.807) is 0 Å². The van der Waals surface area contributed by atoms with Crippen LogP contribution in [0.5, 0.6) is 0 Å². The van der Waals surface area contributed by atoms with Gasteiger partial charge in [-0.3, -0.25) is 10.1 Å². The molecule has 7 nitrogen and oxygen atoms in total. The van der Waals surface area contributed by atoms with Crippen LogP contribution in [0.2, 0.25) is 0 Å². The molecule has 0 radical (unpaired) electrons. The first-order chi connectivity index (χ1) is 6.39. The van der Waals surface area contributed by atoms with Gasteiger partial charge >= 0.3 is 138 Å². The molecule has 0 aromatic heterocycles. The monoisotopic (exact) mass is 482 g/mol. The molecule has 0 fully saturated rings. The van der Waals surface area contributed by atoms with Crippen LogP contribution < -0.4 is 138 Å². The van der Waals surface area contributed by atoms with Gasteiger partial charge in [-0.2, -0.15) is 0 Å². The maximum Gasteiger partial charge on any atom is 1.00 e. The Morgan fingerprint density at radius 3 is 2.25 bits per heavy atom. The molecule has 0 saturated heterocycles. The maximum atomic E-state index is 10.5. The van der Waals surface area contributed by atoms with Gasteiger partial charge in [-0.25, -0.2) is 8.42 Å². The Bertz CT molecular complexity index is 464. The summed E-state index contributed by atoms with van der Waals surface area (Å²) >= 11 is 0. The predicted octanol–water partition coefficient (Wildman–Crippen LogP) is -5.20. The Balaban J connectivity index is 0. The largest absolute Gasteiger partial charge is 1.00 e. The molecule has 1 rings (SSSR count). The predicted molar refractivity (Wildman–Crippen MR) is 44.4 cm³/mol. The van der Waals surface area contributed by atoms with Crippen LogP contribution in [0.25, 0.3) is 5.43 Å². The van der Waals surface area contributed by atoms with Gasteiger partial charge < -0.3 is 9.98 Å². The molecule has 1 aromatic rings. The molecule has 0 aliphatic carbocycles. The molecule has 0 bridgehead atoms. The molecule has 10 heteroatoms. The smallest absolute Gasteiger partial charge is 0.744 e. The number of benzene rings is 1. The molecule has 76 valence electrons. The molecule has 0 saturated carbocycles. The molecular weight excluding hydrogens is 478 g/mol. The summed E-state index contributed by atoms with van der Waals surface area (Å²) in [5, 5.41) is 8.97. The molecule has 0 amide bonds. The summed E-state index contributed by atoms with van der Waals surface area (Å²) in [6.45, 7) is 0. The third-order valence-corrected chi connectivity index (χ3v) is 2.13. The molecule has 0 unspecified atom stereocenters. The van der Waals surface area contributed by atoms with Gasteiger partial charge in [0.1, 0.15) is 10.1 Å². The topological polar surface area (TPSA) is 114 Å². The molecule has 0 N–H and O–H groups in total. The van der Waals surface area contributed by atoms with Crippen molar-refractivity contribution in [3.8, 4) is 0 Å². The van der Waals surface area contributed by atoms with Crippen molar-refractivity contribution in [1.82, 2.24) is 0 Å². The summed E-state index contributed by atoms with van der Waals surface area (Å²) in [5.41, 5.74) is 2.66. The zero-order valence-electron chi connectivity index (χ0n) is 8.65. The van der Waals surface area contributed by atoms with Gasteiger partial charge in [-0.1, -0.05) is 23.9 Å². The van der Waals surface area contributed by atoms with Crippen molar-refractivity contribution in [2.24, 2.45) is 0 Å². The average Bonchev–Trinajstić information content (AvgIpc) is 2.01. The Morgan fingerprint density at radius 1 is 1.25 bits per heavy atom. The van der Waals surface area contributed by atoms with Gasteiger partial charge in [0.15, 0.2) is 0 Å². The summed E-state index contributed by atoms with van der Waals surface area (Å²) in [5.74, 6) is 0. The molecule has 0 atom stereocenters. The molecule has 0 aliphatic heterocycles. The molecule has 16 heavy (non-hydrogen) atoms. The number of hydrogen-bond acceptors (Lipinski definition) is 5. The van der Waals surface area contributed by atoms with E-state index in [9.17, 15) is 23.1 Å². The van der Waals surface area contributed by atoms with Crippen molar-refractivity contribution in [2.75, 3.05) is 0 Å². The first-order valence-corrected chi connectivity index (χ1v) is 4.72. The van der Waals surface area contributed by atoms with Gasteiger partial charge in [-0.15, -0.1) is 0 Å². The first kappa shape index (κ1) is 20.7. The summed E-state index contributed by atoms with van der Waals surface area (Å²) in [7, 11) is -4.59. The fourth-order valence-corrected chi connectivity index (χ4v) is 1.31. The van der Waals surface area contributed by atoms with Crippen LogP contribution in [-0.4, -0.2) is 18.0 Å². The first-order valence-electron chi connectivity index (χ1n) is 3.31. The van der Waals surface area contributed by atoms with E-state index in [0.717, 1.165) is 12.1 Å². The van der Waals surface area contributed by atoms with Crippen molar-refractivity contribution in [3.63, 3.8) is 0 Å². The normalized spacial score (nSPS) is 9.56. The summed E-state index contributed by atoms with van der Waals surface area (Å²) in [4.78, 5) is 9.40. The quantitative estimate of drug-likeness (QED) is 0.243. The molecule has 0 heterocycles. The van der Waals surface area contributed by atoms with Crippen molar-refractivity contribution in [3.05, 3.63) is 39.8 Å². The zero-order chi connectivity index (χ0) is 10.8. The second-order valence-corrected chi connectivity index (χ2v) is 3.67. The molecule has 0 aliphatic rings. The third kappa shape index (κ3) is 7.78. The number of rotatable bonds is 3. The second kappa shape index (κ2) is 9.36. The minimum atomic E-state index is -4.59. The van der Waals surface area contributed by atoms with Crippen LogP contribution in [0.15, 0.2) is 29.2 Å². The summed E-state index contributed by atoms with van der Waals surface area (Å²) in [6.07, 6.45) is 0. The minimum Gasteiger partial charge on any atom is -0.744 e. The molecular formula is C6H4Cs2N2O5S. The minimum absolute atomic E-state index is 0. The van der Waals surface area contributed by atoms with E-state index in [2.05, 4.69) is 5.43 Å². The van der Waals surface area contributed by atoms with Gasteiger partial charge in [-0.05, 0) is 11.1 Å². The van der Waals surface area contributed by atoms with Crippen molar-refractivity contribution in [2.45, 2.75) is 4.90 Å². The van der Waals surface area contributed by atoms with E-state index < -0.39 is 20.0 Å². The third-order valence-electron chi connectivity index (χ3n) is 1.30. The van der Waals surface area contributed by atoms with E-state index in [-0.39, 0.29) is 143 Å². The van der Waals surface area contributed by atoms with Crippen molar-refractivity contribution >= 4 is 15.8 Å². The fourth-order valence-electron chi connectivity index (χ4n) is 0.796. The molecule has 0 spiro atoms. The Morgan fingerprint density at radius 2 is 1.81 bits per heavy atom. The van der Waals surface area contributed by atoms with Gasteiger partial charge in [0.25, 0.3) is 0 Å². The van der Waals surface area contributed by atoms with Crippen LogP contribution in [0.4, 0.5) is 5.69 Å². The van der Waals surface area contributed by atoms with Gasteiger partial charge in [0.05, 0.1) is 4.90 Å². The number of nitrogens with zero attached hydrogens (tertiary/aromatic N) is 2. The van der Waals surface area contributed by atoms with Gasteiger partial charge in [0.2, 0.25) is 0 Å². The van der Waals surface area contributed by atoms with Crippen LogP contribution in [0.3, 0.4) is 0 Å². The van der Waals surface area contributed by atoms with Crippen molar-refractivity contribution < 1.29 is 156 Å². The van der Waals surface area contributed by atoms with Crippen molar-refractivity contribution in [1.29, 1.82) is 0 Å². The second-order valence-electron chi connectivity index (χ2n) is 2.29. The Labute approximate surface area is 210 Å². The van der Waals surface area contributed by atoms with E-state index in [0.29, 0.717) is 0 Å². The van der Waals surface area contributed by atoms with Crippen LogP contribution in [0.1, 0.15) is 0 Å². The zero-order valence-corrected chi connectivity index (χ0v) is 22.0. The Kier molecular flexibility index (Phi) is 12.1.